The minimum Gasteiger partial charge on any atom is -0.313 e. The van der Waals surface area contributed by atoms with Crippen LogP contribution in [0.5, 0.6) is 0 Å². The fourth-order valence-corrected chi connectivity index (χ4v) is 2.48. The molecular formula is C17H30N2. The first-order valence-electron chi connectivity index (χ1n) is 7.53. The zero-order valence-corrected chi connectivity index (χ0v) is 13.2. The largest absolute Gasteiger partial charge is 0.313 e. The zero-order valence-electron chi connectivity index (χ0n) is 13.2. The Kier molecular flexibility index (Phi) is 7.11. The molecule has 2 nitrogen and oxygen atoms in total. The monoisotopic (exact) mass is 262 g/mol. The number of nitrogens with one attached hydrogen (secondary N) is 1. The van der Waals surface area contributed by atoms with E-state index in [9.17, 15) is 0 Å². The average molecular weight is 262 g/mol. The van der Waals surface area contributed by atoms with E-state index in [0.717, 1.165) is 19.0 Å². The molecule has 19 heavy (non-hydrogen) atoms. The van der Waals surface area contributed by atoms with Crippen molar-refractivity contribution in [3.05, 3.63) is 35.4 Å². The van der Waals surface area contributed by atoms with E-state index in [-0.39, 0.29) is 0 Å². The molecule has 0 spiro atoms. The molecule has 0 aromatic heterocycles. The molecule has 1 aromatic carbocycles. The number of hydrogen-bond donors (Lipinski definition) is 1. The number of aryl methyl sites for hydroxylation is 1. The molecule has 0 aliphatic carbocycles. The first-order chi connectivity index (χ1) is 9.06. The van der Waals surface area contributed by atoms with Gasteiger partial charge in [0, 0.05) is 12.6 Å². The quantitative estimate of drug-likeness (QED) is 0.769. The smallest absolute Gasteiger partial charge is 0.0329 e. The maximum atomic E-state index is 3.44. The van der Waals surface area contributed by atoms with E-state index in [1.165, 1.54) is 24.1 Å². The van der Waals surface area contributed by atoms with Crippen LogP contribution in [0, 0.1) is 12.8 Å². The fourth-order valence-electron chi connectivity index (χ4n) is 2.48. The minimum atomic E-state index is 0.460. The molecule has 1 atom stereocenters. The van der Waals surface area contributed by atoms with Crippen LogP contribution < -0.4 is 5.32 Å². The molecule has 1 rings (SSSR count). The van der Waals surface area contributed by atoms with E-state index < -0.39 is 0 Å². The molecule has 0 bridgehead atoms. The van der Waals surface area contributed by atoms with E-state index in [1.54, 1.807) is 0 Å². The number of benzene rings is 1. The van der Waals surface area contributed by atoms with Crippen LogP contribution in [0.1, 0.15) is 44.4 Å². The lowest BCUT2D eigenvalue weighted by Crippen LogP contribution is -2.31. The molecular weight excluding hydrogens is 232 g/mol. The Morgan fingerprint density at radius 2 is 1.79 bits per heavy atom. The van der Waals surface area contributed by atoms with Gasteiger partial charge in [-0.1, -0.05) is 50.6 Å². The van der Waals surface area contributed by atoms with Crippen molar-refractivity contribution in [3.8, 4) is 0 Å². The highest BCUT2D eigenvalue weighted by Crippen LogP contribution is 2.17. The Morgan fingerprint density at radius 3 is 2.26 bits per heavy atom. The molecule has 0 fully saturated rings. The van der Waals surface area contributed by atoms with Crippen LogP contribution in [-0.4, -0.2) is 31.6 Å². The second kappa shape index (κ2) is 8.34. The predicted molar refractivity (Wildman–Crippen MR) is 84.5 cm³/mol. The maximum absolute atomic E-state index is 3.44. The summed E-state index contributed by atoms with van der Waals surface area (Å²) in [6.45, 7) is 12.5. The van der Waals surface area contributed by atoms with Gasteiger partial charge < -0.3 is 10.2 Å². The van der Waals surface area contributed by atoms with E-state index in [4.69, 9.17) is 0 Å². The molecule has 2 heteroatoms. The summed E-state index contributed by atoms with van der Waals surface area (Å²) < 4.78 is 0. The van der Waals surface area contributed by atoms with Crippen molar-refractivity contribution in [2.45, 2.75) is 40.2 Å². The highest BCUT2D eigenvalue weighted by atomic mass is 15.1. The van der Waals surface area contributed by atoms with E-state index in [2.05, 4.69) is 69.2 Å². The molecule has 1 unspecified atom stereocenters. The molecule has 0 saturated heterocycles. The second-order valence-corrected chi connectivity index (χ2v) is 5.83. The van der Waals surface area contributed by atoms with Crippen LogP contribution in [0.4, 0.5) is 0 Å². The summed E-state index contributed by atoms with van der Waals surface area (Å²) in [5.41, 5.74) is 2.72. The molecule has 1 aromatic rings. The fraction of sp³-hybridized carbons (Fsp3) is 0.647. The zero-order chi connectivity index (χ0) is 14.3. The first kappa shape index (κ1) is 16.2. The Hall–Kier alpha value is -0.860. The van der Waals surface area contributed by atoms with Gasteiger partial charge in [0.25, 0.3) is 0 Å². The Bertz CT molecular complexity index is 343. The minimum absolute atomic E-state index is 0.460. The molecule has 0 aliphatic heterocycles. The van der Waals surface area contributed by atoms with Crippen LogP contribution in [0.2, 0.25) is 0 Å². The predicted octanol–water partition coefficient (Wildman–Crippen LogP) is 3.62. The van der Waals surface area contributed by atoms with Gasteiger partial charge in [0.05, 0.1) is 0 Å². The van der Waals surface area contributed by atoms with Gasteiger partial charge in [-0.25, -0.2) is 0 Å². The van der Waals surface area contributed by atoms with Crippen LogP contribution in [-0.2, 0) is 0 Å². The van der Waals surface area contributed by atoms with Crippen molar-refractivity contribution < 1.29 is 0 Å². The summed E-state index contributed by atoms with van der Waals surface area (Å²) in [4.78, 5) is 2.54. The van der Waals surface area contributed by atoms with Crippen LogP contribution >= 0.6 is 0 Å². The lowest BCUT2D eigenvalue weighted by Gasteiger charge is -2.25. The van der Waals surface area contributed by atoms with Crippen molar-refractivity contribution in [3.63, 3.8) is 0 Å². The van der Waals surface area contributed by atoms with Gasteiger partial charge in [-0.15, -0.1) is 0 Å². The molecule has 0 saturated carbocycles. The third-order valence-electron chi connectivity index (χ3n) is 3.63. The van der Waals surface area contributed by atoms with Crippen molar-refractivity contribution in [1.82, 2.24) is 10.2 Å². The third kappa shape index (κ3) is 5.75. The summed E-state index contributed by atoms with van der Waals surface area (Å²) in [5, 5.41) is 3.44. The lowest BCUT2D eigenvalue weighted by atomic mass is 10.0. The summed E-state index contributed by atoms with van der Waals surface area (Å²) in [5.74, 6) is 0.743. The van der Waals surface area contributed by atoms with Gasteiger partial charge in [0.15, 0.2) is 0 Å². The van der Waals surface area contributed by atoms with Gasteiger partial charge in [-0.3, -0.25) is 0 Å². The molecule has 1 N–H and O–H groups in total. The average Bonchev–Trinajstić information content (AvgIpc) is 2.39. The van der Waals surface area contributed by atoms with Crippen LogP contribution in [0.3, 0.4) is 0 Å². The van der Waals surface area contributed by atoms with Gasteiger partial charge >= 0.3 is 0 Å². The van der Waals surface area contributed by atoms with Gasteiger partial charge in [0.1, 0.15) is 0 Å². The summed E-state index contributed by atoms with van der Waals surface area (Å²) in [6, 6.07) is 9.35. The number of rotatable bonds is 8. The normalized spacial score (nSPS) is 13.2. The van der Waals surface area contributed by atoms with E-state index >= 15 is 0 Å². The molecule has 0 radical (unpaired) electrons. The molecule has 0 heterocycles. The SMILES string of the molecule is CCN(CCC(NC)c1ccc(C)cc1)CC(C)C. The second-order valence-electron chi connectivity index (χ2n) is 5.83. The van der Waals surface area contributed by atoms with Crippen molar-refractivity contribution in [1.29, 1.82) is 0 Å². The molecule has 0 aliphatic rings. The molecule has 108 valence electrons. The highest BCUT2D eigenvalue weighted by molar-refractivity contribution is 5.24. The number of nitrogens with zero attached hydrogens (tertiary/aromatic N) is 1. The standard InChI is InChI=1S/C17H30N2/c1-6-19(13-14(2)3)12-11-17(18-5)16-9-7-15(4)8-10-16/h7-10,14,17-18H,6,11-13H2,1-5H3. The van der Waals surface area contributed by atoms with Crippen LogP contribution in [0.25, 0.3) is 0 Å². The Morgan fingerprint density at radius 1 is 1.16 bits per heavy atom. The van der Waals surface area contributed by atoms with Gasteiger partial charge in [0.2, 0.25) is 0 Å². The highest BCUT2D eigenvalue weighted by Gasteiger charge is 2.12. The first-order valence-corrected chi connectivity index (χ1v) is 7.53. The van der Waals surface area contributed by atoms with Crippen molar-refractivity contribution in [2.24, 2.45) is 5.92 Å². The lowest BCUT2D eigenvalue weighted by molar-refractivity contribution is 0.243. The van der Waals surface area contributed by atoms with Gasteiger partial charge in [-0.2, -0.15) is 0 Å². The third-order valence-corrected chi connectivity index (χ3v) is 3.63. The molecule has 0 amide bonds. The summed E-state index contributed by atoms with van der Waals surface area (Å²) in [7, 11) is 2.06. The van der Waals surface area contributed by atoms with Crippen molar-refractivity contribution >= 4 is 0 Å². The number of hydrogen-bond acceptors (Lipinski definition) is 2. The Balaban J connectivity index is 2.54. The summed E-state index contributed by atoms with van der Waals surface area (Å²) in [6.07, 6.45) is 1.17. The van der Waals surface area contributed by atoms with E-state index in [0.29, 0.717) is 6.04 Å². The van der Waals surface area contributed by atoms with Crippen LogP contribution in [0.15, 0.2) is 24.3 Å². The Labute approximate surface area is 119 Å². The van der Waals surface area contributed by atoms with Gasteiger partial charge in [-0.05, 0) is 45.0 Å². The topological polar surface area (TPSA) is 15.3 Å². The maximum Gasteiger partial charge on any atom is 0.0329 e. The van der Waals surface area contributed by atoms with Crippen molar-refractivity contribution in [2.75, 3.05) is 26.7 Å². The summed E-state index contributed by atoms with van der Waals surface area (Å²) >= 11 is 0. The van der Waals surface area contributed by atoms with E-state index in [1.807, 2.05) is 0 Å².